The average molecular weight is 393 g/mol. The summed E-state index contributed by atoms with van der Waals surface area (Å²) >= 11 is 0. The van der Waals surface area contributed by atoms with Gasteiger partial charge < -0.3 is 15.5 Å². The van der Waals surface area contributed by atoms with E-state index in [1.807, 2.05) is 49.3 Å². The van der Waals surface area contributed by atoms with E-state index < -0.39 is 0 Å². The molecule has 0 saturated heterocycles. The van der Waals surface area contributed by atoms with Crippen LogP contribution in [-0.4, -0.2) is 41.8 Å². The van der Waals surface area contributed by atoms with Crippen LogP contribution in [0.1, 0.15) is 47.3 Å². The predicted molar refractivity (Wildman–Crippen MR) is 116 cm³/mol. The van der Waals surface area contributed by atoms with Gasteiger partial charge in [-0.3, -0.25) is 14.0 Å². The molecule has 0 radical (unpaired) electrons. The minimum absolute atomic E-state index is 0.177. The van der Waals surface area contributed by atoms with Crippen molar-refractivity contribution in [2.45, 2.75) is 26.2 Å². The summed E-state index contributed by atoms with van der Waals surface area (Å²) in [6, 6.07) is 12.9. The number of hydrogen-bond acceptors (Lipinski definition) is 4. The van der Waals surface area contributed by atoms with Gasteiger partial charge in [-0.05, 0) is 42.8 Å². The number of pyridine rings is 1. The molecule has 0 bridgehead atoms. The van der Waals surface area contributed by atoms with Crippen LogP contribution in [0.2, 0.25) is 0 Å². The number of amides is 2. The lowest BCUT2D eigenvalue weighted by Gasteiger charge is -2.12. The second-order valence-electron chi connectivity index (χ2n) is 7.10. The van der Waals surface area contributed by atoms with Gasteiger partial charge in [0, 0.05) is 38.2 Å². The molecule has 0 fully saturated rings. The first kappa shape index (κ1) is 20.4. The van der Waals surface area contributed by atoms with E-state index in [9.17, 15) is 9.59 Å². The van der Waals surface area contributed by atoms with E-state index in [4.69, 9.17) is 0 Å². The highest BCUT2D eigenvalue weighted by atomic mass is 16.2. The third-order valence-corrected chi connectivity index (χ3v) is 4.67. The van der Waals surface area contributed by atoms with Crippen molar-refractivity contribution >= 4 is 28.7 Å². The maximum atomic E-state index is 12.8. The fourth-order valence-electron chi connectivity index (χ4n) is 3.06. The summed E-state index contributed by atoms with van der Waals surface area (Å²) in [6.45, 7) is 2.71. The van der Waals surface area contributed by atoms with Crippen LogP contribution < -0.4 is 15.5 Å². The zero-order chi connectivity index (χ0) is 20.8. The monoisotopic (exact) mass is 393 g/mol. The van der Waals surface area contributed by atoms with Gasteiger partial charge in [-0.15, -0.1) is 0 Å². The van der Waals surface area contributed by atoms with E-state index in [0.29, 0.717) is 17.7 Å². The van der Waals surface area contributed by atoms with Gasteiger partial charge >= 0.3 is 0 Å². The molecular formula is C22H27N5O2. The van der Waals surface area contributed by atoms with Crippen LogP contribution in [0.3, 0.4) is 0 Å². The fourth-order valence-corrected chi connectivity index (χ4v) is 3.06. The zero-order valence-corrected chi connectivity index (χ0v) is 17.1. The van der Waals surface area contributed by atoms with E-state index in [0.717, 1.165) is 24.9 Å². The van der Waals surface area contributed by atoms with Crippen molar-refractivity contribution in [1.29, 1.82) is 0 Å². The summed E-state index contributed by atoms with van der Waals surface area (Å²) in [6.07, 6.45) is 4.80. The van der Waals surface area contributed by atoms with Crippen LogP contribution in [-0.2, 0) is 0 Å². The molecular weight excluding hydrogens is 366 g/mol. The van der Waals surface area contributed by atoms with Gasteiger partial charge in [-0.1, -0.05) is 25.8 Å². The smallest absolute Gasteiger partial charge is 0.292 e. The van der Waals surface area contributed by atoms with Crippen LogP contribution in [0.15, 0.2) is 48.7 Å². The number of unbranched alkanes of at least 4 members (excludes halogenated alkanes) is 2. The Morgan fingerprint density at radius 1 is 1.03 bits per heavy atom. The Morgan fingerprint density at radius 3 is 2.48 bits per heavy atom. The Labute approximate surface area is 170 Å². The number of imidazole rings is 1. The van der Waals surface area contributed by atoms with Crippen molar-refractivity contribution in [3.8, 4) is 0 Å². The number of nitrogens with one attached hydrogen (secondary N) is 2. The molecule has 2 N–H and O–H groups in total. The Balaban J connectivity index is 1.81. The van der Waals surface area contributed by atoms with Gasteiger partial charge in [0.05, 0.1) is 5.52 Å². The maximum absolute atomic E-state index is 12.8. The summed E-state index contributed by atoms with van der Waals surface area (Å²) in [5.74, 6) is -0.455. The molecule has 2 heterocycles. The summed E-state index contributed by atoms with van der Waals surface area (Å²) in [7, 11) is 3.91. The van der Waals surface area contributed by atoms with Crippen molar-refractivity contribution < 1.29 is 9.59 Å². The van der Waals surface area contributed by atoms with Gasteiger partial charge in [0.2, 0.25) is 5.82 Å². The van der Waals surface area contributed by atoms with Crippen molar-refractivity contribution in [1.82, 2.24) is 14.7 Å². The lowest BCUT2D eigenvalue weighted by atomic mass is 10.2. The fraction of sp³-hybridized carbons (Fsp3) is 0.318. The van der Waals surface area contributed by atoms with Crippen LogP contribution in [0, 0.1) is 0 Å². The number of anilines is 2. The Bertz CT molecular complexity index is 992. The Kier molecular flexibility index (Phi) is 6.49. The molecule has 152 valence electrons. The molecule has 3 aromatic rings. The summed E-state index contributed by atoms with van der Waals surface area (Å²) in [5, 5.41) is 5.75. The van der Waals surface area contributed by atoms with Crippen molar-refractivity contribution in [2.24, 2.45) is 0 Å². The molecule has 0 spiro atoms. The molecule has 1 aromatic carbocycles. The molecule has 29 heavy (non-hydrogen) atoms. The van der Waals surface area contributed by atoms with Gasteiger partial charge in [0.1, 0.15) is 0 Å². The molecule has 0 aliphatic heterocycles. The van der Waals surface area contributed by atoms with Crippen molar-refractivity contribution in [2.75, 3.05) is 30.9 Å². The number of nitrogens with zero attached hydrogens (tertiary/aromatic N) is 3. The van der Waals surface area contributed by atoms with Gasteiger partial charge in [-0.2, -0.15) is 0 Å². The number of rotatable bonds is 8. The van der Waals surface area contributed by atoms with E-state index in [2.05, 4.69) is 22.5 Å². The quantitative estimate of drug-likeness (QED) is 0.574. The molecule has 2 aromatic heterocycles. The third-order valence-electron chi connectivity index (χ3n) is 4.67. The first-order valence-corrected chi connectivity index (χ1v) is 9.85. The highest BCUT2D eigenvalue weighted by molar-refractivity contribution is 6.06. The lowest BCUT2D eigenvalue weighted by molar-refractivity contribution is 0.0950. The number of carbonyl (C=O) groups is 2. The molecule has 0 unspecified atom stereocenters. The maximum Gasteiger partial charge on any atom is 0.292 e. The van der Waals surface area contributed by atoms with Gasteiger partial charge in [-0.25, -0.2) is 4.98 Å². The molecule has 2 amide bonds. The van der Waals surface area contributed by atoms with E-state index in [1.165, 1.54) is 0 Å². The molecule has 7 heteroatoms. The average Bonchev–Trinajstić information content (AvgIpc) is 3.11. The highest BCUT2D eigenvalue weighted by Crippen LogP contribution is 2.18. The standard InChI is InChI=1S/C22H27N5O2/c1-4-5-7-14-23-21(28)19-18-9-6-8-15-27(18)20(25-19)22(29)24-16-10-12-17(13-11-16)26(2)3/h6,8-13,15H,4-5,7,14H2,1-3H3,(H,23,28)(H,24,29). The van der Waals surface area contributed by atoms with Crippen LogP contribution in [0.4, 0.5) is 11.4 Å². The van der Waals surface area contributed by atoms with Crippen LogP contribution >= 0.6 is 0 Å². The minimum atomic E-state index is -0.367. The lowest BCUT2D eigenvalue weighted by Crippen LogP contribution is -2.25. The molecule has 0 aliphatic carbocycles. The summed E-state index contributed by atoms with van der Waals surface area (Å²) in [5.41, 5.74) is 2.57. The first-order valence-electron chi connectivity index (χ1n) is 9.85. The predicted octanol–water partition coefficient (Wildman–Crippen LogP) is 3.57. The molecule has 0 saturated carbocycles. The number of hydrogen-bond donors (Lipinski definition) is 2. The SMILES string of the molecule is CCCCCNC(=O)c1nc(C(=O)Nc2ccc(N(C)C)cc2)n2ccccc12. The Hall–Kier alpha value is -3.35. The number of carbonyl (C=O) groups excluding carboxylic acids is 2. The molecule has 0 atom stereocenters. The van der Waals surface area contributed by atoms with Gasteiger partial charge in [0.25, 0.3) is 11.8 Å². The van der Waals surface area contributed by atoms with E-state index >= 15 is 0 Å². The van der Waals surface area contributed by atoms with Crippen LogP contribution in [0.25, 0.3) is 5.52 Å². The first-order chi connectivity index (χ1) is 14.0. The van der Waals surface area contributed by atoms with E-state index in [1.54, 1.807) is 22.7 Å². The second-order valence-corrected chi connectivity index (χ2v) is 7.10. The minimum Gasteiger partial charge on any atom is -0.378 e. The van der Waals surface area contributed by atoms with Crippen molar-refractivity contribution in [3.05, 3.63) is 60.2 Å². The van der Waals surface area contributed by atoms with E-state index in [-0.39, 0.29) is 23.3 Å². The normalized spacial score (nSPS) is 10.7. The number of fused-ring (bicyclic) bond motifs is 1. The molecule has 3 rings (SSSR count). The second kappa shape index (κ2) is 9.23. The summed E-state index contributed by atoms with van der Waals surface area (Å²) in [4.78, 5) is 31.8. The number of benzene rings is 1. The summed E-state index contributed by atoms with van der Waals surface area (Å²) < 4.78 is 1.64. The Morgan fingerprint density at radius 2 is 1.79 bits per heavy atom. The topological polar surface area (TPSA) is 78.7 Å². The molecule has 7 nitrogen and oxygen atoms in total. The molecule has 0 aliphatic rings. The zero-order valence-electron chi connectivity index (χ0n) is 17.1. The highest BCUT2D eigenvalue weighted by Gasteiger charge is 2.21. The largest absolute Gasteiger partial charge is 0.378 e. The van der Waals surface area contributed by atoms with Crippen molar-refractivity contribution in [3.63, 3.8) is 0 Å². The third kappa shape index (κ3) is 4.74. The number of aromatic nitrogens is 2. The van der Waals surface area contributed by atoms with Crippen LogP contribution in [0.5, 0.6) is 0 Å². The van der Waals surface area contributed by atoms with Gasteiger partial charge in [0.15, 0.2) is 5.69 Å².